The molecule has 0 unspecified atom stereocenters. The highest BCUT2D eigenvalue weighted by atomic mass is 79.9. The molecule has 0 aliphatic carbocycles. The van der Waals surface area contributed by atoms with Gasteiger partial charge in [-0.2, -0.15) is 4.98 Å². The molecule has 2 aromatic carbocycles. The average Bonchev–Trinajstić information content (AvgIpc) is 3.15. The smallest absolute Gasteiger partial charge is 0.259 e. The normalized spacial score (nSPS) is 11.2. The lowest BCUT2D eigenvalue weighted by Crippen LogP contribution is -1.85. The highest BCUT2D eigenvalue weighted by Crippen LogP contribution is 2.29. The van der Waals surface area contributed by atoms with Gasteiger partial charge in [-0.15, -0.1) is 0 Å². The zero-order valence-corrected chi connectivity index (χ0v) is 13.3. The average molecular weight is 355 g/mol. The fraction of sp³-hybridized carbons (Fsp3) is 0.0625. The van der Waals surface area contributed by atoms with Crippen molar-refractivity contribution in [1.29, 1.82) is 0 Å². The van der Waals surface area contributed by atoms with Crippen molar-refractivity contribution >= 4 is 27.0 Å². The van der Waals surface area contributed by atoms with E-state index in [1.165, 1.54) is 0 Å². The molecule has 2 aromatic heterocycles. The summed E-state index contributed by atoms with van der Waals surface area (Å²) in [6.45, 7) is 0. The van der Waals surface area contributed by atoms with Crippen LogP contribution in [0.1, 0.15) is 0 Å². The van der Waals surface area contributed by atoms with Crippen molar-refractivity contribution in [3.8, 4) is 22.8 Å². The van der Waals surface area contributed by atoms with Gasteiger partial charge in [0.1, 0.15) is 0 Å². The van der Waals surface area contributed by atoms with Gasteiger partial charge in [0.15, 0.2) is 0 Å². The van der Waals surface area contributed by atoms with Gasteiger partial charge in [0.2, 0.25) is 5.82 Å². The van der Waals surface area contributed by atoms with Crippen molar-refractivity contribution in [1.82, 2.24) is 19.7 Å². The van der Waals surface area contributed by atoms with Gasteiger partial charge in [-0.3, -0.25) is 0 Å². The highest BCUT2D eigenvalue weighted by molar-refractivity contribution is 9.10. The van der Waals surface area contributed by atoms with Gasteiger partial charge in [-0.25, -0.2) is 4.98 Å². The summed E-state index contributed by atoms with van der Waals surface area (Å²) in [5, 5.41) is 4.08. The van der Waals surface area contributed by atoms with E-state index in [1.807, 2.05) is 54.1 Å². The van der Waals surface area contributed by atoms with E-state index in [0.717, 1.165) is 26.6 Å². The van der Waals surface area contributed by atoms with Crippen LogP contribution in [0.2, 0.25) is 0 Å². The number of aromatic nitrogens is 4. The molecule has 0 saturated carbocycles. The second-order valence-corrected chi connectivity index (χ2v) is 5.82. The molecular formula is C16H11BrN4O. The molecule has 22 heavy (non-hydrogen) atoms. The van der Waals surface area contributed by atoms with Crippen LogP contribution in [0.5, 0.6) is 0 Å². The summed E-state index contributed by atoms with van der Waals surface area (Å²) in [7, 11) is 1.97. The van der Waals surface area contributed by atoms with Crippen molar-refractivity contribution in [2.45, 2.75) is 0 Å². The Morgan fingerprint density at radius 2 is 2.00 bits per heavy atom. The third-order valence-electron chi connectivity index (χ3n) is 3.51. The maximum absolute atomic E-state index is 5.39. The SMILES string of the molecule is Cn1cnc2cc(-c3noc(-c4ccccc4Br)n3)ccc21. The Morgan fingerprint density at radius 3 is 2.86 bits per heavy atom. The molecule has 6 heteroatoms. The molecule has 0 bridgehead atoms. The molecule has 0 radical (unpaired) electrons. The second kappa shape index (κ2) is 5.06. The van der Waals surface area contributed by atoms with Crippen LogP contribution in [-0.4, -0.2) is 19.7 Å². The minimum absolute atomic E-state index is 0.489. The monoisotopic (exact) mass is 354 g/mol. The van der Waals surface area contributed by atoms with Gasteiger partial charge >= 0.3 is 0 Å². The Balaban J connectivity index is 1.78. The Kier molecular flexibility index (Phi) is 3.04. The summed E-state index contributed by atoms with van der Waals surface area (Å²) in [6, 6.07) is 13.7. The number of imidazole rings is 1. The van der Waals surface area contributed by atoms with Gasteiger partial charge in [0.05, 0.1) is 22.9 Å². The first-order valence-electron chi connectivity index (χ1n) is 6.72. The maximum Gasteiger partial charge on any atom is 0.259 e. The molecule has 108 valence electrons. The first-order chi connectivity index (χ1) is 10.7. The Bertz CT molecular complexity index is 973. The van der Waals surface area contributed by atoms with Crippen molar-refractivity contribution < 1.29 is 4.52 Å². The number of benzene rings is 2. The third kappa shape index (κ3) is 2.12. The van der Waals surface area contributed by atoms with Crippen molar-refractivity contribution in [2.75, 3.05) is 0 Å². The van der Waals surface area contributed by atoms with Crippen molar-refractivity contribution in [3.05, 3.63) is 53.3 Å². The maximum atomic E-state index is 5.39. The van der Waals surface area contributed by atoms with Gasteiger partial charge in [0.25, 0.3) is 5.89 Å². The van der Waals surface area contributed by atoms with Crippen molar-refractivity contribution in [3.63, 3.8) is 0 Å². The predicted molar refractivity (Wildman–Crippen MR) is 87.1 cm³/mol. The summed E-state index contributed by atoms with van der Waals surface area (Å²) in [6.07, 6.45) is 1.79. The van der Waals surface area contributed by atoms with Crippen LogP contribution in [0.15, 0.2) is 57.8 Å². The molecular weight excluding hydrogens is 344 g/mol. The van der Waals surface area contributed by atoms with E-state index >= 15 is 0 Å². The number of hydrogen-bond donors (Lipinski definition) is 0. The van der Waals surface area contributed by atoms with E-state index < -0.39 is 0 Å². The molecule has 0 atom stereocenters. The summed E-state index contributed by atoms with van der Waals surface area (Å²) < 4.78 is 8.28. The van der Waals surface area contributed by atoms with Crippen LogP contribution in [0, 0.1) is 0 Å². The van der Waals surface area contributed by atoms with Gasteiger partial charge in [-0.05, 0) is 46.3 Å². The van der Waals surface area contributed by atoms with Crippen LogP contribution in [-0.2, 0) is 7.05 Å². The standard InChI is InChI=1S/C16H11BrN4O/c1-21-9-18-13-8-10(6-7-14(13)21)15-19-16(22-20-15)11-4-2-3-5-12(11)17/h2-9H,1H3. The van der Waals surface area contributed by atoms with Crippen LogP contribution >= 0.6 is 15.9 Å². The lowest BCUT2D eigenvalue weighted by molar-refractivity contribution is 0.432. The first-order valence-corrected chi connectivity index (χ1v) is 7.52. The van der Waals surface area contributed by atoms with E-state index in [2.05, 4.69) is 31.1 Å². The molecule has 0 saturated heterocycles. The minimum atomic E-state index is 0.489. The van der Waals surface area contributed by atoms with E-state index in [4.69, 9.17) is 4.52 Å². The Morgan fingerprint density at radius 1 is 1.14 bits per heavy atom. The van der Waals surface area contributed by atoms with Crippen LogP contribution < -0.4 is 0 Å². The predicted octanol–water partition coefficient (Wildman–Crippen LogP) is 4.05. The first kappa shape index (κ1) is 13.2. The third-order valence-corrected chi connectivity index (χ3v) is 4.21. The van der Waals surface area contributed by atoms with Gasteiger partial charge < -0.3 is 9.09 Å². The second-order valence-electron chi connectivity index (χ2n) is 4.96. The fourth-order valence-electron chi connectivity index (χ4n) is 2.36. The molecule has 4 aromatic rings. The van der Waals surface area contributed by atoms with E-state index in [9.17, 15) is 0 Å². The van der Waals surface area contributed by atoms with Crippen molar-refractivity contribution in [2.24, 2.45) is 7.05 Å². The molecule has 0 N–H and O–H groups in total. The largest absolute Gasteiger partial charge is 0.334 e. The molecule has 0 fully saturated rings. The number of aryl methyl sites for hydroxylation is 1. The van der Waals surface area contributed by atoms with Gasteiger partial charge in [0, 0.05) is 17.1 Å². The number of rotatable bonds is 2. The number of hydrogen-bond acceptors (Lipinski definition) is 4. The molecule has 0 aliphatic rings. The molecule has 4 rings (SSSR count). The topological polar surface area (TPSA) is 56.7 Å². The number of nitrogens with zero attached hydrogens (tertiary/aromatic N) is 4. The lowest BCUT2D eigenvalue weighted by Gasteiger charge is -1.97. The van der Waals surface area contributed by atoms with Crippen LogP contribution in [0.3, 0.4) is 0 Å². The highest BCUT2D eigenvalue weighted by Gasteiger charge is 2.13. The summed E-state index contributed by atoms with van der Waals surface area (Å²) >= 11 is 3.49. The fourth-order valence-corrected chi connectivity index (χ4v) is 2.81. The van der Waals surface area contributed by atoms with Gasteiger partial charge in [-0.1, -0.05) is 17.3 Å². The summed E-state index contributed by atoms with van der Waals surface area (Å²) in [5.74, 6) is 1.04. The molecule has 0 amide bonds. The Hall–Kier alpha value is -2.47. The molecule has 0 aliphatic heterocycles. The van der Waals surface area contributed by atoms with E-state index in [0.29, 0.717) is 11.7 Å². The van der Waals surface area contributed by atoms with Crippen LogP contribution in [0.4, 0.5) is 0 Å². The Labute approximate surface area is 134 Å². The number of halogens is 1. The zero-order valence-electron chi connectivity index (χ0n) is 11.7. The summed E-state index contributed by atoms with van der Waals surface area (Å²) in [4.78, 5) is 8.84. The minimum Gasteiger partial charge on any atom is -0.334 e. The lowest BCUT2D eigenvalue weighted by atomic mass is 10.2. The number of fused-ring (bicyclic) bond motifs is 1. The van der Waals surface area contributed by atoms with E-state index in [-0.39, 0.29) is 0 Å². The molecule has 2 heterocycles. The molecule has 0 spiro atoms. The van der Waals surface area contributed by atoms with Crippen LogP contribution in [0.25, 0.3) is 33.9 Å². The van der Waals surface area contributed by atoms with E-state index in [1.54, 1.807) is 6.33 Å². The summed E-state index contributed by atoms with van der Waals surface area (Å²) in [5.41, 5.74) is 3.74. The quantitative estimate of drug-likeness (QED) is 0.544. The molecule has 5 nitrogen and oxygen atoms in total. The zero-order chi connectivity index (χ0) is 15.1.